The predicted molar refractivity (Wildman–Crippen MR) is 103 cm³/mol. The third-order valence-corrected chi connectivity index (χ3v) is 5.37. The van der Waals surface area contributed by atoms with Gasteiger partial charge in [0.15, 0.2) is 0 Å². The summed E-state index contributed by atoms with van der Waals surface area (Å²) < 4.78 is 0. The van der Waals surface area contributed by atoms with Crippen LogP contribution in [-0.4, -0.2) is 53.7 Å². The highest BCUT2D eigenvalue weighted by atomic mass is 16.2. The zero-order chi connectivity index (χ0) is 19.2. The summed E-state index contributed by atoms with van der Waals surface area (Å²) in [6, 6.07) is 7.51. The van der Waals surface area contributed by atoms with E-state index in [0.29, 0.717) is 38.2 Å². The summed E-state index contributed by atoms with van der Waals surface area (Å²) in [7, 11) is 0. The Morgan fingerprint density at radius 1 is 1.15 bits per heavy atom. The van der Waals surface area contributed by atoms with Gasteiger partial charge in [0.05, 0.1) is 5.92 Å². The molecule has 1 atom stereocenters. The summed E-state index contributed by atoms with van der Waals surface area (Å²) in [6.07, 6.45) is 4.17. The molecular weight excluding hydrogens is 342 g/mol. The summed E-state index contributed by atoms with van der Waals surface area (Å²) in [5.74, 6) is 0.123. The molecule has 6 heteroatoms. The second-order valence-electron chi connectivity index (χ2n) is 7.50. The molecule has 3 rings (SSSR count). The molecule has 0 spiro atoms. The predicted octanol–water partition coefficient (Wildman–Crippen LogP) is 2.19. The average Bonchev–Trinajstić information content (AvgIpc) is 3.10. The van der Waals surface area contributed by atoms with Crippen molar-refractivity contribution in [3.8, 4) is 0 Å². The van der Waals surface area contributed by atoms with E-state index in [1.165, 1.54) is 0 Å². The summed E-state index contributed by atoms with van der Waals surface area (Å²) in [6.45, 7) is 5.31. The second-order valence-corrected chi connectivity index (χ2v) is 7.50. The standard InChI is InChI=1S/C21H29N3O3/c1-2-11-22-20(26)18-5-3-13-24(15-18)21(27)17-9-7-16(8-10-17)14-23-12-4-6-19(23)25/h7-10,18H,2-6,11-15H2,1H3,(H,22,26). The van der Waals surface area contributed by atoms with E-state index in [1.807, 2.05) is 36.1 Å². The van der Waals surface area contributed by atoms with E-state index in [-0.39, 0.29) is 23.6 Å². The van der Waals surface area contributed by atoms with Crippen molar-refractivity contribution in [1.29, 1.82) is 0 Å². The Bertz CT molecular complexity index is 686. The van der Waals surface area contributed by atoms with Crippen molar-refractivity contribution in [3.63, 3.8) is 0 Å². The van der Waals surface area contributed by atoms with Gasteiger partial charge < -0.3 is 15.1 Å². The van der Waals surface area contributed by atoms with Gasteiger partial charge >= 0.3 is 0 Å². The minimum Gasteiger partial charge on any atom is -0.356 e. The Kier molecular flexibility index (Phi) is 6.48. The number of carbonyl (C=O) groups excluding carboxylic acids is 3. The molecule has 27 heavy (non-hydrogen) atoms. The normalized spacial score (nSPS) is 20.0. The Morgan fingerprint density at radius 3 is 2.59 bits per heavy atom. The van der Waals surface area contributed by atoms with Crippen molar-refractivity contribution in [2.24, 2.45) is 5.92 Å². The first-order valence-corrected chi connectivity index (χ1v) is 10.0. The maximum atomic E-state index is 12.8. The van der Waals surface area contributed by atoms with Crippen molar-refractivity contribution in [3.05, 3.63) is 35.4 Å². The lowest BCUT2D eigenvalue weighted by molar-refractivity contribution is -0.128. The van der Waals surface area contributed by atoms with Gasteiger partial charge in [0, 0.05) is 44.7 Å². The molecule has 1 unspecified atom stereocenters. The minimum absolute atomic E-state index is 0.0215. The third kappa shape index (κ3) is 4.87. The lowest BCUT2D eigenvalue weighted by Crippen LogP contribution is -2.45. The molecule has 1 aromatic carbocycles. The molecule has 0 aromatic heterocycles. The molecule has 0 radical (unpaired) electrons. The number of benzene rings is 1. The van der Waals surface area contributed by atoms with Crippen molar-refractivity contribution < 1.29 is 14.4 Å². The van der Waals surface area contributed by atoms with E-state index in [0.717, 1.165) is 37.8 Å². The van der Waals surface area contributed by atoms with Crippen LogP contribution in [0, 0.1) is 5.92 Å². The summed E-state index contributed by atoms with van der Waals surface area (Å²) >= 11 is 0. The number of hydrogen-bond donors (Lipinski definition) is 1. The fraction of sp³-hybridized carbons (Fsp3) is 0.571. The molecule has 0 bridgehead atoms. The maximum Gasteiger partial charge on any atom is 0.253 e. The summed E-state index contributed by atoms with van der Waals surface area (Å²) in [4.78, 5) is 40.4. The van der Waals surface area contributed by atoms with Gasteiger partial charge in [-0.25, -0.2) is 0 Å². The minimum atomic E-state index is -0.116. The molecule has 0 saturated carbocycles. The Morgan fingerprint density at radius 2 is 1.93 bits per heavy atom. The highest BCUT2D eigenvalue weighted by Gasteiger charge is 2.28. The molecule has 2 aliphatic rings. The monoisotopic (exact) mass is 371 g/mol. The molecule has 1 aromatic rings. The maximum absolute atomic E-state index is 12.8. The van der Waals surface area contributed by atoms with Crippen LogP contribution in [0.1, 0.15) is 54.9 Å². The van der Waals surface area contributed by atoms with Gasteiger partial charge in [0.25, 0.3) is 5.91 Å². The van der Waals surface area contributed by atoms with Crippen LogP contribution in [0.15, 0.2) is 24.3 Å². The molecule has 6 nitrogen and oxygen atoms in total. The number of nitrogens with one attached hydrogen (secondary N) is 1. The zero-order valence-electron chi connectivity index (χ0n) is 16.1. The second kappa shape index (κ2) is 9.02. The summed E-state index contributed by atoms with van der Waals surface area (Å²) in [5, 5.41) is 2.94. The topological polar surface area (TPSA) is 69.7 Å². The zero-order valence-corrected chi connectivity index (χ0v) is 16.1. The van der Waals surface area contributed by atoms with Gasteiger partial charge in [0.1, 0.15) is 0 Å². The molecule has 2 aliphatic heterocycles. The number of likely N-dealkylation sites (tertiary alicyclic amines) is 2. The number of nitrogens with zero attached hydrogens (tertiary/aromatic N) is 2. The van der Waals surface area contributed by atoms with Crippen molar-refractivity contribution in [2.45, 2.75) is 45.6 Å². The van der Waals surface area contributed by atoms with E-state index in [9.17, 15) is 14.4 Å². The highest BCUT2D eigenvalue weighted by molar-refractivity contribution is 5.94. The molecule has 1 N–H and O–H groups in total. The van der Waals surface area contributed by atoms with Crippen LogP contribution in [0.3, 0.4) is 0 Å². The lowest BCUT2D eigenvalue weighted by atomic mass is 9.96. The molecular formula is C21H29N3O3. The van der Waals surface area contributed by atoms with Crippen LogP contribution in [0.2, 0.25) is 0 Å². The van der Waals surface area contributed by atoms with Crippen molar-refractivity contribution in [1.82, 2.24) is 15.1 Å². The van der Waals surface area contributed by atoms with Gasteiger partial charge in [-0.3, -0.25) is 14.4 Å². The van der Waals surface area contributed by atoms with Crippen LogP contribution in [0.5, 0.6) is 0 Å². The molecule has 146 valence electrons. The van der Waals surface area contributed by atoms with Crippen LogP contribution >= 0.6 is 0 Å². The number of carbonyl (C=O) groups is 3. The first-order valence-electron chi connectivity index (χ1n) is 10.0. The quantitative estimate of drug-likeness (QED) is 0.833. The van der Waals surface area contributed by atoms with Crippen molar-refractivity contribution >= 4 is 17.7 Å². The van der Waals surface area contributed by atoms with Crippen LogP contribution in [0.25, 0.3) is 0 Å². The third-order valence-electron chi connectivity index (χ3n) is 5.37. The number of piperidine rings is 1. The SMILES string of the molecule is CCCNC(=O)C1CCCN(C(=O)c2ccc(CN3CCCC3=O)cc2)C1. The molecule has 2 heterocycles. The lowest BCUT2D eigenvalue weighted by Gasteiger charge is -2.32. The van der Waals surface area contributed by atoms with Gasteiger partial charge in [-0.15, -0.1) is 0 Å². The highest BCUT2D eigenvalue weighted by Crippen LogP contribution is 2.20. The summed E-state index contributed by atoms with van der Waals surface area (Å²) in [5.41, 5.74) is 1.68. The number of rotatable bonds is 6. The molecule has 3 amide bonds. The van der Waals surface area contributed by atoms with E-state index in [1.54, 1.807) is 4.90 Å². The first-order chi connectivity index (χ1) is 13.1. The fourth-order valence-corrected chi connectivity index (χ4v) is 3.80. The van der Waals surface area contributed by atoms with Crippen molar-refractivity contribution in [2.75, 3.05) is 26.2 Å². The number of amides is 3. The molecule has 0 aliphatic carbocycles. The first kappa shape index (κ1) is 19.4. The van der Waals surface area contributed by atoms with E-state index >= 15 is 0 Å². The fourth-order valence-electron chi connectivity index (χ4n) is 3.80. The van der Waals surface area contributed by atoms with E-state index < -0.39 is 0 Å². The van der Waals surface area contributed by atoms with E-state index in [4.69, 9.17) is 0 Å². The molecule has 2 saturated heterocycles. The Balaban J connectivity index is 1.58. The number of hydrogen-bond acceptors (Lipinski definition) is 3. The van der Waals surface area contributed by atoms with Crippen LogP contribution in [-0.2, 0) is 16.1 Å². The van der Waals surface area contributed by atoms with E-state index in [2.05, 4.69) is 5.32 Å². The smallest absolute Gasteiger partial charge is 0.253 e. The van der Waals surface area contributed by atoms with Gasteiger partial charge in [-0.1, -0.05) is 19.1 Å². The van der Waals surface area contributed by atoms with Gasteiger partial charge in [0.2, 0.25) is 11.8 Å². The van der Waals surface area contributed by atoms with Gasteiger partial charge in [-0.05, 0) is 43.4 Å². The van der Waals surface area contributed by atoms with Crippen LogP contribution in [0.4, 0.5) is 0 Å². The van der Waals surface area contributed by atoms with Crippen LogP contribution < -0.4 is 5.32 Å². The Hall–Kier alpha value is -2.37. The largest absolute Gasteiger partial charge is 0.356 e. The molecule has 2 fully saturated rings. The average molecular weight is 371 g/mol. The Labute approximate surface area is 160 Å². The van der Waals surface area contributed by atoms with Gasteiger partial charge in [-0.2, -0.15) is 0 Å².